The van der Waals surface area contributed by atoms with Crippen molar-refractivity contribution in [3.8, 4) is 0 Å². The summed E-state index contributed by atoms with van der Waals surface area (Å²) in [4.78, 5) is 13.0. The Labute approximate surface area is 83.5 Å². The van der Waals surface area contributed by atoms with Gasteiger partial charge in [0.2, 0.25) is 0 Å². The van der Waals surface area contributed by atoms with Gasteiger partial charge in [0.05, 0.1) is 12.0 Å². The molecule has 0 aromatic carbocycles. The van der Waals surface area contributed by atoms with Crippen LogP contribution in [-0.4, -0.2) is 46.3 Å². The molecule has 0 amide bonds. The van der Waals surface area contributed by atoms with Crippen LogP contribution in [0.3, 0.4) is 0 Å². The molecule has 80 valence electrons. The number of hydrogen-bond acceptors (Lipinski definition) is 3. The Morgan fingerprint density at radius 1 is 1.29 bits per heavy atom. The molecule has 0 aromatic heterocycles. The highest BCUT2D eigenvalue weighted by atomic mass is 16.4. The monoisotopic (exact) mass is 199 g/mol. The lowest BCUT2D eigenvalue weighted by atomic mass is 9.78. The number of hydrogen-bond donors (Lipinski definition) is 2. The Kier molecular flexibility index (Phi) is 2.74. The van der Waals surface area contributed by atoms with E-state index in [4.69, 9.17) is 5.11 Å². The Balaban J connectivity index is 1.91. The van der Waals surface area contributed by atoms with Crippen molar-refractivity contribution in [2.75, 3.05) is 13.1 Å². The summed E-state index contributed by atoms with van der Waals surface area (Å²) in [5, 5.41) is 18.4. The Bertz CT molecular complexity index is 231. The van der Waals surface area contributed by atoms with Crippen LogP contribution in [0.5, 0.6) is 0 Å². The average molecular weight is 199 g/mol. The molecule has 1 aliphatic heterocycles. The minimum atomic E-state index is -0.679. The molecule has 3 atom stereocenters. The molecule has 4 heteroatoms. The number of carboxylic acids is 1. The summed E-state index contributed by atoms with van der Waals surface area (Å²) in [5.41, 5.74) is 0. The van der Waals surface area contributed by atoms with E-state index in [9.17, 15) is 9.90 Å². The van der Waals surface area contributed by atoms with Crippen LogP contribution in [0.2, 0.25) is 0 Å². The molecule has 2 aliphatic rings. The lowest BCUT2D eigenvalue weighted by Gasteiger charge is -2.44. The zero-order valence-electron chi connectivity index (χ0n) is 8.22. The minimum Gasteiger partial charge on any atom is -0.481 e. The first kappa shape index (κ1) is 9.93. The molecule has 2 N–H and O–H groups in total. The number of aliphatic hydroxyl groups is 1. The van der Waals surface area contributed by atoms with E-state index in [2.05, 4.69) is 4.90 Å². The van der Waals surface area contributed by atoms with Gasteiger partial charge in [-0.3, -0.25) is 9.69 Å². The first-order chi connectivity index (χ1) is 6.68. The zero-order valence-corrected chi connectivity index (χ0v) is 8.22. The van der Waals surface area contributed by atoms with Gasteiger partial charge in [-0.15, -0.1) is 0 Å². The largest absolute Gasteiger partial charge is 0.481 e. The molecule has 0 bridgehead atoms. The maximum Gasteiger partial charge on any atom is 0.308 e. The van der Waals surface area contributed by atoms with Crippen molar-refractivity contribution >= 4 is 5.97 Å². The lowest BCUT2D eigenvalue weighted by Crippen LogP contribution is -2.54. The maximum atomic E-state index is 10.8. The third-order valence-corrected chi connectivity index (χ3v) is 3.45. The fraction of sp³-hybridized carbons (Fsp3) is 0.900. The zero-order chi connectivity index (χ0) is 10.1. The number of aliphatic hydroxyl groups excluding tert-OH is 1. The number of β-amino-alcohol motifs (C(OH)–C–C–N with tert-alkyl or cyclic N) is 1. The first-order valence-electron chi connectivity index (χ1n) is 5.33. The number of piperidine rings is 1. The predicted molar refractivity (Wildman–Crippen MR) is 51.0 cm³/mol. The summed E-state index contributed by atoms with van der Waals surface area (Å²) in [6.45, 7) is 1.61. The second-order valence-electron chi connectivity index (χ2n) is 4.38. The molecule has 0 spiro atoms. The van der Waals surface area contributed by atoms with Crippen LogP contribution in [-0.2, 0) is 4.79 Å². The molecule has 0 radical (unpaired) electrons. The summed E-state index contributed by atoms with van der Waals surface area (Å²) < 4.78 is 0. The normalized spacial score (nSPS) is 39.1. The van der Waals surface area contributed by atoms with Crippen molar-refractivity contribution in [3.05, 3.63) is 0 Å². The second-order valence-corrected chi connectivity index (χ2v) is 4.38. The van der Waals surface area contributed by atoms with Gasteiger partial charge in [0.1, 0.15) is 0 Å². The SMILES string of the molecule is O=C(O)C1CCC1N1CCCC(O)C1. The van der Waals surface area contributed by atoms with E-state index in [0.29, 0.717) is 6.54 Å². The molecule has 1 aliphatic carbocycles. The van der Waals surface area contributed by atoms with Gasteiger partial charge in [0.15, 0.2) is 0 Å². The molecule has 1 saturated heterocycles. The third kappa shape index (κ3) is 1.77. The van der Waals surface area contributed by atoms with Gasteiger partial charge in [-0.05, 0) is 32.2 Å². The van der Waals surface area contributed by atoms with Crippen molar-refractivity contribution in [1.29, 1.82) is 0 Å². The van der Waals surface area contributed by atoms with E-state index in [1.807, 2.05) is 0 Å². The van der Waals surface area contributed by atoms with Crippen LogP contribution < -0.4 is 0 Å². The molecular weight excluding hydrogens is 182 g/mol. The molecule has 2 fully saturated rings. The first-order valence-corrected chi connectivity index (χ1v) is 5.33. The number of carbonyl (C=O) groups is 1. The van der Waals surface area contributed by atoms with Crippen LogP contribution in [0.25, 0.3) is 0 Å². The van der Waals surface area contributed by atoms with Gasteiger partial charge in [0, 0.05) is 12.6 Å². The van der Waals surface area contributed by atoms with Crippen LogP contribution in [0, 0.1) is 5.92 Å². The van der Waals surface area contributed by atoms with E-state index in [-0.39, 0.29) is 18.1 Å². The van der Waals surface area contributed by atoms with Gasteiger partial charge in [-0.1, -0.05) is 0 Å². The average Bonchev–Trinajstić information content (AvgIpc) is 2.00. The van der Waals surface area contributed by atoms with Crippen molar-refractivity contribution in [3.63, 3.8) is 0 Å². The van der Waals surface area contributed by atoms with Crippen LogP contribution in [0.1, 0.15) is 25.7 Å². The van der Waals surface area contributed by atoms with Crippen molar-refractivity contribution in [1.82, 2.24) is 4.90 Å². The van der Waals surface area contributed by atoms with Gasteiger partial charge in [-0.25, -0.2) is 0 Å². The Hall–Kier alpha value is -0.610. The van der Waals surface area contributed by atoms with E-state index in [1.165, 1.54) is 0 Å². The molecule has 3 unspecified atom stereocenters. The van der Waals surface area contributed by atoms with E-state index in [1.54, 1.807) is 0 Å². The fourth-order valence-corrected chi connectivity index (χ4v) is 2.49. The summed E-state index contributed by atoms with van der Waals surface area (Å²) in [6, 6.07) is 0.183. The third-order valence-electron chi connectivity index (χ3n) is 3.45. The quantitative estimate of drug-likeness (QED) is 0.671. The van der Waals surface area contributed by atoms with Gasteiger partial charge in [0.25, 0.3) is 0 Å². The highest BCUT2D eigenvalue weighted by molar-refractivity contribution is 5.72. The Morgan fingerprint density at radius 2 is 2.07 bits per heavy atom. The van der Waals surface area contributed by atoms with E-state index < -0.39 is 5.97 Å². The number of rotatable bonds is 2. The van der Waals surface area contributed by atoms with Gasteiger partial charge < -0.3 is 10.2 Å². The number of aliphatic carboxylic acids is 1. The van der Waals surface area contributed by atoms with Crippen LogP contribution >= 0.6 is 0 Å². The Morgan fingerprint density at radius 3 is 2.57 bits per heavy atom. The smallest absolute Gasteiger partial charge is 0.308 e. The number of likely N-dealkylation sites (tertiary alicyclic amines) is 1. The van der Waals surface area contributed by atoms with Gasteiger partial charge >= 0.3 is 5.97 Å². The molecule has 1 heterocycles. The van der Waals surface area contributed by atoms with Crippen LogP contribution in [0.15, 0.2) is 0 Å². The standard InChI is InChI=1S/C10H17NO3/c12-7-2-1-5-11(6-7)9-4-3-8(9)10(13)14/h7-9,12H,1-6H2,(H,13,14). The minimum absolute atomic E-state index is 0.183. The molecule has 2 rings (SSSR count). The fourth-order valence-electron chi connectivity index (χ4n) is 2.49. The van der Waals surface area contributed by atoms with E-state index in [0.717, 1.165) is 32.2 Å². The molecule has 14 heavy (non-hydrogen) atoms. The summed E-state index contributed by atoms with van der Waals surface area (Å²) in [7, 11) is 0. The van der Waals surface area contributed by atoms with Crippen LogP contribution in [0.4, 0.5) is 0 Å². The van der Waals surface area contributed by atoms with Crippen molar-refractivity contribution < 1.29 is 15.0 Å². The number of carboxylic acid groups (broad SMARTS) is 1. The van der Waals surface area contributed by atoms with Gasteiger partial charge in [-0.2, -0.15) is 0 Å². The highest BCUT2D eigenvalue weighted by Crippen LogP contribution is 2.33. The molecular formula is C10H17NO3. The lowest BCUT2D eigenvalue weighted by molar-refractivity contribution is -0.150. The number of nitrogens with zero attached hydrogens (tertiary/aromatic N) is 1. The summed E-state index contributed by atoms with van der Waals surface area (Å²) >= 11 is 0. The second kappa shape index (κ2) is 3.87. The summed E-state index contributed by atoms with van der Waals surface area (Å²) in [5.74, 6) is -0.874. The van der Waals surface area contributed by atoms with E-state index >= 15 is 0 Å². The van der Waals surface area contributed by atoms with Crippen molar-refractivity contribution in [2.45, 2.75) is 37.8 Å². The topological polar surface area (TPSA) is 60.8 Å². The summed E-state index contributed by atoms with van der Waals surface area (Å²) in [6.07, 6.45) is 3.38. The molecule has 4 nitrogen and oxygen atoms in total. The highest BCUT2D eigenvalue weighted by Gasteiger charge is 2.41. The molecule has 1 saturated carbocycles. The maximum absolute atomic E-state index is 10.8. The molecule has 0 aromatic rings. The predicted octanol–water partition coefficient (Wildman–Crippen LogP) is 0.306. The van der Waals surface area contributed by atoms with Crippen molar-refractivity contribution in [2.24, 2.45) is 5.92 Å².